The Morgan fingerprint density at radius 3 is 2.43 bits per heavy atom. The van der Waals surface area contributed by atoms with Gasteiger partial charge in [-0.3, -0.25) is 0 Å². The van der Waals surface area contributed by atoms with Gasteiger partial charge in [0.25, 0.3) is 0 Å². The lowest BCUT2D eigenvalue weighted by Crippen LogP contribution is -2.50. The molecule has 0 amide bonds. The van der Waals surface area contributed by atoms with Gasteiger partial charge in [-0.15, -0.1) is 0 Å². The van der Waals surface area contributed by atoms with E-state index in [-0.39, 0.29) is 5.41 Å². The van der Waals surface area contributed by atoms with Gasteiger partial charge in [-0.2, -0.15) is 5.26 Å². The van der Waals surface area contributed by atoms with E-state index in [2.05, 4.69) is 54.7 Å². The molecular weight excluding hydrogens is 256 g/mol. The minimum Gasteiger partial charge on any atom is -0.310 e. The van der Waals surface area contributed by atoms with Crippen LogP contribution in [0.25, 0.3) is 0 Å². The molecule has 21 heavy (non-hydrogen) atoms. The van der Waals surface area contributed by atoms with E-state index in [4.69, 9.17) is 0 Å². The third-order valence-electron chi connectivity index (χ3n) is 4.57. The van der Waals surface area contributed by atoms with Crippen LogP contribution in [-0.2, 0) is 12.0 Å². The van der Waals surface area contributed by atoms with Crippen molar-refractivity contribution in [2.45, 2.75) is 37.8 Å². The highest BCUT2D eigenvalue weighted by molar-refractivity contribution is 5.37. The Hall–Kier alpha value is -2.11. The molecule has 2 aromatic rings. The monoisotopic (exact) mass is 276 g/mol. The molecule has 0 unspecified atom stereocenters. The van der Waals surface area contributed by atoms with Gasteiger partial charge < -0.3 is 5.32 Å². The van der Waals surface area contributed by atoms with Crippen molar-refractivity contribution in [3.05, 3.63) is 71.3 Å². The van der Waals surface area contributed by atoms with E-state index in [1.165, 1.54) is 11.1 Å². The Morgan fingerprint density at radius 2 is 1.76 bits per heavy atom. The molecule has 0 radical (unpaired) electrons. The molecule has 0 bridgehead atoms. The quantitative estimate of drug-likeness (QED) is 0.924. The summed E-state index contributed by atoms with van der Waals surface area (Å²) >= 11 is 0. The largest absolute Gasteiger partial charge is 0.310 e. The van der Waals surface area contributed by atoms with Crippen LogP contribution < -0.4 is 5.32 Å². The maximum atomic E-state index is 9.56. The Labute approximate surface area is 126 Å². The second-order valence-corrected chi connectivity index (χ2v) is 5.97. The SMILES string of the molecule is Cc1ccccc1CNC1CC(C#N)(c2ccccc2)C1. The van der Waals surface area contributed by atoms with Crippen molar-refractivity contribution in [2.75, 3.05) is 0 Å². The number of rotatable bonds is 4. The maximum absolute atomic E-state index is 9.56. The highest BCUT2D eigenvalue weighted by Gasteiger charge is 2.45. The summed E-state index contributed by atoms with van der Waals surface area (Å²) in [5.74, 6) is 0. The lowest BCUT2D eigenvalue weighted by Gasteiger charge is -2.43. The molecule has 1 aliphatic rings. The van der Waals surface area contributed by atoms with Crippen molar-refractivity contribution in [3.63, 3.8) is 0 Å². The van der Waals surface area contributed by atoms with Gasteiger partial charge in [0.1, 0.15) is 0 Å². The number of hydrogen-bond donors (Lipinski definition) is 1. The summed E-state index contributed by atoms with van der Waals surface area (Å²) < 4.78 is 0. The zero-order valence-corrected chi connectivity index (χ0v) is 12.3. The number of nitriles is 1. The van der Waals surface area contributed by atoms with Gasteiger partial charge in [-0.1, -0.05) is 54.6 Å². The van der Waals surface area contributed by atoms with Gasteiger partial charge in [0, 0.05) is 12.6 Å². The number of aryl methyl sites for hydroxylation is 1. The third kappa shape index (κ3) is 2.70. The summed E-state index contributed by atoms with van der Waals surface area (Å²) in [4.78, 5) is 0. The maximum Gasteiger partial charge on any atom is 0.0852 e. The minimum absolute atomic E-state index is 0.287. The molecular formula is C19H20N2. The van der Waals surface area contributed by atoms with Gasteiger partial charge in [0.2, 0.25) is 0 Å². The Bertz CT molecular complexity index is 649. The Kier molecular flexibility index (Phi) is 3.77. The summed E-state index contributed by atoms with van der Waals surface area (Å²) in [6, 6.07) is 21.6. The molecule has 0 aliphatic heterocycles. The zero-order chi connectivity index (χ0) is 14.7. The zero-order valence-electron chi connectivity index (χ0n) is 12.3. The number of hydrogen-bond acceptors (Lipinski definition) is 2. The van der Waals surface area contributed by atoms with Crippen molar-refractivity contribution in [2.24, 2.45) is 0 Å². The molecule has 0 atom stereocenters. The van der Waals surface area contributed by atoms with Crippen molar-refractivity contribution in [1.82, 2.24) is 5.32 Å². The molecule has 1 saturated carbocycles. The molecule has 2 nitrogen and oxygen atoms in total. The lowest BCUT2D eigenvalue weighted by atomic mass is 9.62. The van der Waals surface area contributed by atoms with Gasteiger partial charge in [0.15, 0.2) is 0 Å². The fraction of sp³-hybridized carbons (Fsp3) is 0.316. The first-order valence-electron chi connectivity index (χ1n) is 7.48. The first-order valence-corrected chi connectivity index (χ1v) is 7.48. The van der Waals surface area contributed by atoms with E-state index in [1.807, 2.05) is 18.2 Å². The first kappa shape index (κ1) is 13.9. The molecule has 2 heteroatoms. The van der Waals surface area contributed by atoms with Crippen LogP contribution in [0.3, 0.4) is 0 Å². The highest BCUT2D eigenvalue weighted by atomic mass is 14.9. The topological polar surface area (TPSA) is 35.8 Å². The molecule has 0 saturated heterocycles. The summed E-state index contributed by atoms with van der Waals surface area (Å²) in [6.07, 6.45) is 1.80. The fourth-order valence-electron chi connectivity index (χ4n) is 3.14. The van der Waals surface area contributed by atoms with E-state index < -0.39 is 0 Å². The molecule has 106 valence electrons. The average Bonchev–Trinajstić information content (AvgIpc) is 2.49. The van der Waals surface area contributed by atoms with Crippen LogP contribution in [0.1, 0.15) is 29.5 Å². The first-order chi connectivity index (χ1) is 10.2. The van der Waals surface area contributed by atoms with Crippen LogP contribution in [0.2, 0.25) is 0 Å². The molecule has 0 heterocycles. The van der Waals surface area contributed by atoms with E-state index >= 15 is 0 Å². The summed E-state index contributed by atoms with van der Waals surface area (Å²) in [5.41, 5.74) is 3.53. The average molecular weight is 276 g/mol. The second-order valence-electron chi connectivity index (χ2n) is 5.97. The molecule has 3 rings (SSSR count). The van der Waals surface area contributed by atoms with Gasteiger partial charge in [-0.25, -0.2) is 0 Å². The smallest absolute Gasteiger partial charge is 0.0852 e. The third-order valence-corrected chi connectivity index (χ3v) is 4.57. The van der Waals surface area contributed by atoms with Crippen LogP contribution in [0, 0.1) is 18.3 Å². The van der Waals surface area contributed by atoms with E-state index in [1.54, 1.807) is 0 Å². The predicted molar refractivity (Wildman–Crippen MR) is 84.8 cm³/mol. The van der Waals surface area contributed by atoms with Gasteiger partial charge >= 0.3 is 0 Å². The fourth-order valence-corrected chi connectivity index (χ4v) is 3.14. The number of benzene rings is 2. The Balaban J connectivity index is 1.61. The molecule has 1 fully saturated rings. The van der Waals surface area contributed by atoms with E-state index in [9.17, 15) is 5.26 Å². The summed E-state index contributed by atoms with van der Waals surface area (Å²) in [6.45, 7) is 3.02. The predicted octanol–water partition coefficient (Wildman–Crippen LogP) is 3.71. The van der Waals surface area contributed by atoms with Gasteiger partial charge in [0.05, 0.1) is 11.5 Å². The second kappa shape index (κ2) is 5.71. The molecule has 0 aromatic heterocycles. The number of nitrogens with one attached hydrogen (secondary N) is 1. The van der Waals surface area contributed by atoms with E-state index in [0.29, 0.717) is 6.04 Å². The Morgan fingerprint density at radius 1 is 1.10 bits per heavy atom. The van der Waals surface area contributed by atoms with Crippen molar-refractivity contribution < 1.29 is 0 Å². The van der Waals surface area contributed by atoms with Crippen molar-refractivity contribution in [1.29, 1.82) is 5.26 Å². The lowest BCUT2D eigenvalue weighted by molar-refractivity contribution is 0.225. The van der Waals surface area contributed by atoms with Crippen LogP contribution in [0.15, 0.2) is 54.6 Å². The van der Waals surface area contributed by atoms with Crippen LogP contribution in [-0.4, -0.2) is 6.04 Å². The summed E-state index contributed by atoms with van der Waals surface area (Å²) in [5, 5.41) is 13.1. The van der Waals surface area contributed by atoms with Crippen LogP contribution in [0.4, 0.5) is 0 Å². The van der Waals surface area contributed by atoms with Crippen LogP contribution >= 0.6 is 0 Å². The molecule has 1 N–H and O–H groups in total. The highest BCUT2D eigenvalue weighted by Crippen LogP contribution is 2.43. The standard InChI is InChI=1S/C19H20N2/c1-15-7-5-6-8-16(15)13-21-18-11-19(12-18,14-20)17-9-3-2-4-10-17/h2-10,18,21H,11-13H2,1H3. The minimum atomic E-state index is -0.287. The van der Waals surface area contributed by atoms with E-state index in [0.717, 1.165) is 24.9 Å². The number of nitrogens with zero attached hydrogens (tertiary/aromatic N) is 1. The molecule has 0 spiro atoms. The van der Waals surface area contributed by atoms with Crippen molar-refractivity contribution in [3.8, 4) is 6.07 Å². The molecule has 2 aromatic carbocycles. The van der Waals surface area contributed by atoms with Crippen LogP contribution in [0.5, 0.6) is 0 Å². The van der Waals surface area contributed by atoms with Gasteiger partial charge in [-0.05, 0) is 36.5 Å². The molecule has 1 aliphatic carbocycles. The van der Waals surface area contributed by atoms with Crippen molar-refractivity contribution >= 4 is 0 Å². The normalized spacial score (nSPS) is 24.1. The summed E-state index contributed by atoms with van der Waals surface area (Å²) in [7, 11) is 0.